The summed E-state index contributed by atoms with van der Waals surface area (Å²) in [5, 5.41) is 3.14. The average molecular weight is 182 g/mol. The van der Waals surface area contributed by atoms with Gasteiger partial charge in [-0.1, -0.05) is 0 Å². The summed E-state index contributed by atoms with van der Waals surface area (Å²) in [6.45, 7) is 2.97. The minimum atomic E-state index is -4.64. The van der Waals surface area contributed by atoms with Crippen molar-refractivity contribution in [3.05, 3.63) is 0 Å². The van der Waals surface area contributed by atoms with E-state index in [2.05, 4.69) is 10.3 Å². The molecule has 1 heterocycles. The molecule has 6 nitrogen and oxygen atoms in total. The lowest BCUT2D eigenvalue weighted by atomic mass is 10.5. The number of nitrogens with zero attached hydrogens (tertiary/aromatic N) is 1. The van der Waals surface area contributed by atoms with Gasteiger partial charge in [0, 0.05) is 19.3 Å². The highest BCUT2D eigenvalue weighted by Crippen LogP contribution is 2.25. The third-order valence-corrected chi connectivity index (χ3v) is 0.782. The normalized spacial score (nSPS) is 17.0. The van der Waals surface area contributed by atoms with Gasteiger partial charge in [-0.2, -0.15) is 0 Å². The van der Waals surface area contributed by atoms with Gasteiger partial charge >= 0.3 is 7.82 Å². The third-order valence-electron chi connectivity index (χ3n) is 0.782. The molecule has 0 saturated carbocycles. The van der Waals surface area contributed by atoms with Gasteiger partial charge in [-0.15, -0.1) is 0 Å². The summed E-state index contributed by atoms with van der Waals surface area (Å²) in [6.07, 6.45) is 1.91. The zero-order valence-electron chi connectivity index (χ0n) is 5.84. The van der Waals surface area contributed by atoms with Crippen molar-refractivity contribution in [2.24, 2.45) is 4.99 Å². The number of aliphatic imine (C=N–C) groups is 1. The van der Waals surface area contributed by atoms with Crippen molar-refractivity contribution in [2.45, 2.75) is 0 Å². The molecule has 1 rings (SSSR count). The summed E-state index contributed by atoms with van der Waals surface area (Å²) in [5.41, 5.74) is 0. The summed E-state index contributed by atoms with van der Waals surface area (Å²) < 4.78 is 8.88. The zero-order chi connectivity index (χ0) is 8.74. The molecule has 0 spiro atoms. The van der Waals surface area contributed by atoms with Crippen molar-refractivity contribution >= 4 is 14.0 Å². The van der Waals surface area contributed by atoms with Crippen molar-refractivity contribution in [2.75, 3.05) is 19.6 Å². The fourth-order valence-electron chi connectivity index (χ4n) is 0.466. The number of phosphoric acid groups is 1. The molecule has 1 aliphatic heterocycles. The van der Waals surface area contributed by atoms with Crippen molar-refractivity contribution in [1.82, 2.24) is 5.32 Å². The molecule has 0 amide bonds. The van der Waals surface area contributed by atoms with Gasteiger partial charge in [-0.3, -0.25) is 4.99 Å². The van der Waals surface area contributed by atoms with Crippen LogP contribution in [-0.4, -0.2) is 40.5 Å². The van der Waals surface area contributed by atoms with E-state index < -0.39 is 7.82 Å². The van der Waals surface area contributed by atoms with Gasteiger partial charge in [0.1, 0.15) is 0 Å². The molecule has 0 fully saturated rings. The number of nitrogens with one attached hydrogen (secondary N) is 1. The van der Waals surface area contributed by atoms with Crippen LogP contribution >= 0.6 is 7.82 Å². The topological polar surface area (TPSA) is 102 Å². The Labute approximate surface area is 64.2 Å². The molecular formula is C4H11N2O4P. The molecule has 66 valence electrons. The van der Waals surface area contributed by atoms with Gasteiger partial charge in [-0.25, -0.2) is 4.57 Å². The first-order chi connectivity index (χ1) is 5.00. The lowest BCUT2D eigenvalue weighted by Gasteiger charge is -2.01. The highest BCUT2D eigenvalue weighted by atomic mass is 31.2. The Balaban J connectivity index is 0.000000187. The first kappa shape index (κ1) is 10.7. The molecule has 0 atom stereocenters. The fraction of sp³-hybridized carbons (Fsp3) is 0.750. The molecule has 0 bridgehead atoms. The van der Waals surface area contributed by atoms with E-state index >= 15 is 0 Å². The van der Waals surface area contributed by atoms with Crippen molar-refractivity contribution in [1.29, 1.82) is 0 Å². The van der Waals surface area contributed by atoms with E-state index in [0.29, 0.717) is 0 Å². The summed E-state index contributed by atoms with van der Waals surface area (Å²) in [7, 11) is -4.64. The Kier molecular flexibility index (Phi) is 5.27. The van der Waals surface area contributed by atoms with E-state index in [1.165, 1.54) is 0 Å². The predicted molar refractivity (Wildman–Crippen MR) is 40.5 cm³/mol. The maximum absolute atomic E-state index is 8.88. The second-order valence-corrected chi connectivity index (χ2v) is 2.83. The molecule has 0 saturated heterocycles. The molecule has 11 heavy (non-hydrogen) atoms. The Hall–Kier alpha value is -0.260. The van der Waals surface area contributed by atoms with Gasteiger partial charge in [0.2, 0.25) is 0 Å². The van der Waals surface area contributed by atoms with Crippen LogP contribution in [0.5, 0.6) is 0 Å². The smallest absolute Gasteiger partial charge is 0.310 e. The highest BCUT2D eigenvalue weighted by Gasteiger charge is 2.00. The summed E-state index contributed by atoms with van der Waals surface area (Å²) >= 11 is 0. The van der Waals surface area contributed by atoms with Crippen LogP contribution in [0.4, 0.5) is 0 Å². The van der Waals surface area contributed by atoms with Gasteiger partial charge < -0.3 is 20.0 Å². The van der Waals surface area contributed by atoms with Crippen LogP contribution in [0.25, 0.3) is 0 Å². The van der Waals surface area contributed by atoms with Crippen LogP contribution in [0.2, 0.25) is 0 Å². The lowest BCUT2D eigenvalue weighted by Crippen LogP contribution is -2.23. The highest BCUT2D eigenvalue weighted by molar-refractivity contribution is 7.45. The summed E-state index contributed by atoms with van der Waals surface area (Å²) in [5.74, 6) is 0. The second kappa shape index (κ2) is 5.40. The Morgan fingerprint density at radius 1 is 1.45 bits per heavy atom. The SMILES string of the molecule is C1=NCCNC1.O=P(O)(O)O. The average Bonchev–Trinajstić information content (AvgIpc) is 1.88. The zero-order valence-corrected chi connectivity index (χ0v) is 6.74. The molecule has 7 heteroatoms. The van der Waals surface area contributed by atoms with Crippen LogP contribution in [0.3, 0.4) is 0 Å². The van der Waals surface area contributed by atoms with Crippen molar-refractivity contribution < 1.29 is 19.2 Å². The van der Waals surface area contributed by atoms with Gasteiger partial charge in [0.05, 0.1) is 6.54 Å². The second-order valence-electron chi connectivity index (χ2n) is 1.81. The van der Waals surface area contributed by atoms with Crippen molar-refractivity contribution in [3.8, 4) is 0 Å². The summed E-state index contributed by atoms with van der Waals surface area (Å²) in [6, 6.07) is 0. The maximum Gasteiger partial charge on any atom is 0.466 e. The molecule has 0 radical (unpaired) electrons. The number of hydrogen-bond donors (Lipinski definition) is 4. The first-order valence-corrected chi connectivity index (χ1v) is 4.54. The Morgan fingerprint density at radius 3 is 2.09 bits per heavy atom. The predicted octanol–water partition coefficient (Wildman–Crippen LogP) is -1.27. The molecule has 1 aliphatic rings. The minimum absolute atomic E-state index is 0.958. The molecular weight excluding hydrogens is 171 g/mol. The first-order valence-electron chi connectivity index (χ1n) is 2.97. The van der Waals surface area contributed by atoms with E-state index in [4.69, 9.17) is 19.2 Å². The largest absolute Gasteiger partial charge is 0.466 e. The van der Waals surface area contributed by atoms with Gasteiger partial charge in [0.25, 0.3) is 0 Å². The third kappa shape index (κ3) is 17.7. The van der Waals surface area contributed by atoms with Crippen LogP contribution in [-0.2, 0) is 4.57 Å². The van der Waals surface area contributed by atoms with Gasteiger partial charge in [-0.05, 0) is 0 Å². The van der Waals surface area contributed by atoms with Crippen LogP contribution < -0.4 is 5.32 Å². The Bertz CT molecular complexity index is 149. The van der Waals surface area contributed by atoms with Crippen LogP contribution in [0, 0.1) is 0 Å². The standard InChI is InChI=1S/C4H8N2.H3O4P/c1-2-6-4-3-5-1;1-5(2,3)4/h1,6H,2-4H2;(H3,1,2,3,4). The fourth-order valence-corrected chi connectivity index (χ4v) is 0.466. The molecule has 0 aromatic rings. The molecule has 4 N–H and O–H groups in total. The van der Waals surface area contributed by atoms with Crippen molar-refractivity contribution in [3.63, 3.8) is 0 Å². The van der Waals surface area contributed by atoms with E-state index in [0.717, 1.165) is 19.6 Å². The van der Waals surface area contributed by atoms with Crippen LogP contribution in [0.15, 0.2) is 4.99 Å². The van der Waals surface area contributed by atoms with Crippen LogP contribution in [0.1, 0.15) is 0 Å². The maximum atomic E-state index is 8.88. The molecule has 0 aromatic heterocycles. The lowest BCUT2D eigenvalue weighted by molar-refractivity contribution is 0.275. The number of rotatable bonds is 0. The molecule has 0 aliphatic carbocycles. The monoisotopic (exact) mass is 182 g/mol. The van der Waals surface area contributed by atoms with E-state index in [1.807, 2.05) is 6.21 Å². The molecule has 0 unspecified atom stereocenters. The van der Waals surface area contributed by atoms with Gasteiger partial charge in [0.15, 0.2) is 0 Å². The number of hydrogen-bond acceptors (Lipinski definition) is 3. The van der Waals surface area contributed by atoms with E-state index in [1.54, 1.807) is 0 Å². The minimum Gasteiger partial charge on any atom is -0.310 e. The van der Waals surface area contributed by atoms with E-state index in [9.17, 15) is 0 Å². The summed E-state index contributed by atoms with van der Waals surface area (Å²) in [4.78, 5) is 25.6. The van der Waals surface area contributed by atoms with E-state index in [-0.39, 0.29) is 0 Å². The quantitative estimate of drug-likeness (QED) is 0.350. The molecule has 0 aromatic carbocycles. The Morgan fingerprint density at radius 2 is 2.00 bits per heavy atom.